The molecule has 1 aromatic rings. The van der Waals surface area contributed by atoms with E-state index < -0.39 is 0 Å². The fraction of sp³-hybridized carbons (Fsp3) is 0.562. The summed E-state index contributed by atoms with van der Waals surface area (Å²) in [6.07, 6.45) is 2.21. The van der Waals surface area contributed by atoms with E-state index in [1.54, 1.807) is 7.11 Å². The predicted octanol–water partition coefficient (Wildman–Crippen LogP) is 3.86. The van der Waals surface area contributed by atoms with Crippen LogP contribution in [0.5, 0.6) is 5.75 Å². The van der Waals surface area contributed by atoms with Crippen LogP contribution in [0.2, 0.25) is 0 Å². The van der Waals surface area contributed by atoms with Crippen molar-refractivity contribution < 1.29 is 9.53 Å². The molecule has 0 heterocycles. The first-order chi connectivity index (χ1) is 9.79. The van der Waals surface area contributed by atoms with Gasteiger partial charge in [0.25, 0.3) is 0 Å². The molecule has 0 aliphatic rings. The lowest BCUT2D eigenvalue weighted by molar-refractivity contribution is -0.116. The second kappa shape index (κ2) is 7.80. The molecule has 0 aliphatic carbocycles. The van der Waals surface area contributed by atoms with Crippen LogP contribution in [0.3, 0.4) is 0 Å². The molecule has 0 aliphatic heterocycles. The van der Waals surface area contributed by atoms with Crippen LogP contribution in [0.1, 0.15) is 38.7 Å². The van der Waals surface area contributed by atoms with Crippen LogP contribution in [-0.2, 0) is 4.79 Å². The van der Waals surface area contributed by atoms with Gasteiger partial charge in [-0.25, -0.2) is 0 Å². The van der Waals surface area contributed by atoms with Crippen LogP contribution < -0.4 is 15.8 Å². The van der Waals surface area contributed by atoms with Gasteiger partial charge in [-0.15, -0.1) is 0 Å². The van der Waals surface area contributed by atoms with Crippen molar-refractivity contribution in [2.45, 2.75) is 40.0 Å². The van der Waals surface area contributed by atoms with Crippen molar-refractivity contribution in [2.75, 3.05) is 19.0 Å². The largest absolute Gasteiger partial charge is 0.495 e. The number of aryl methyl sites for hydroxylation is 1. The SMILES string of the molecule is COc1cc(Br)cc(C)c1NC(=O)CCC(C)(C)CCN. The number of methoxy groups -OCH3 is 1. The van der Waals surface area contributed by atoms with Crippen LogP contribution in [0.25, 0.3) is 0 Å². The second-order valence-corrected chi connectivity index (χ2v) is 6.97. The minimum atomic E-state index is 0.00354. The molecular formula is C16H25BrN2O2. The fourth-order valence-corrected chi connectivity index (χ4v) is 2.75. The Morgan fingerprint density at radius 1 is 1.38 bits per heavy atom. The minimum Gasteiger partial charge on any atom is -0.495 e. The molecule has 5 heteroatoms. The van der Waals surface area contributed by atoms with Gasteiger partial charge >= 0.3 is 0 Å². The maximum Gasteiger partial charge on any atom is 0.224 e. The lowest BCUT2D eigenvalue weighted by atomic mass is 9.84. The van der Waals surface area contributed by atoms with E-state index in [0.29, 0.717) is 18.7 Å². The number of amides is 1. The van der Waals surface area contributed by atoms with Crippen LogP contribution in [0, 0.1) is 12.3 Å². The molecule has 0 spiro atoms. The van der Waals surface area contributed by atoms with Gasteiger partial charge in [0.05, 0.1) is 12.8 Å². The minimum absolute atomic E-state index is 0.00354. The molecule has 0 atom stereocenters. The topological polar surface area (TPSA) is 64.3 Å². The zero-order valence-electron chi connectivity index (χ0n) is 13.3. The second-order valence-electron chi connectivity index (χ2n) is 6.05. The highest BCUT2D eigenvalue weighted by atomic mass is 79.9. The number of hydrogen-bond acceptors (Lipinski definition) is 3. The molecule has 0 radical (unpaired) electrons. The first-order valence-electron chi connectivity index (χ1n) is 7.13. The summed E-state index contributed by atoms with van der Waals surface area (Å²) in [5, 5.41) is 2.96. The Kier molecular flexibility index (Phi) is 6.68. The smallest absolute Gasteiger partial charge is 0.224 e. The van der Waals surface area contributed by atoms with Gasteiger partial charge in [-0.2, -0.15) is 0 Å². The Hall–Kier alpha value is -1.07. The van der Waals surface area contributed by atoms with E-state index in [1.807, 2.05) is 19.1 Å². The van der Waals surface area contributed by atoms with Gasteiger partial charge in [0.15, 0.2) is 0 Å². The van der Waals surface area contributed by atoms with Gasteiger partial charge in [-0.1, -0.05) is 29.8 Å². The summed E-state index contributed by atoms with van der Waals surface area (Å²) in [4.78, 5) is 12.2. The van der Waals surface area contributed by atoms with E-state index in [4.69, 9.17) is 10.5 Å². The normalized spacial score (nSPS) is 11.3. The van der Waals surface area contributed by atoms with E-state index in [0.717, 1.165) is 28.6 Å². The summed E-state index contributed by atoms with van der Waals surface area (Å²) < 4.78 is 6.26. The summed E-state index contributed by atoms with van der Waals surface area (Å²) in [7, 11) is 1.60. The van der Waals surface area contributed by atoms with Crippen molar-refractivity contribution in [3.8, 4) is 5.75 Å². The molecular weight excluding hydrogens is 332 g/mol. The number of rotatable bonds is 7. The summed E-state index contributed by atoms with van der Waals surface area (Å²) in [6.45, 7) is 6.87. The maximum atomic E-state index is 12.2. The van der Waals surface area contributed by atoms with Crippen molar-refractivity contribution in [1.29, 1.82) is 0 Å². The molecule has 0 bridgehead atoms. The van der Waals surface area contributed by atoms with E-state index >= 15 is 0 Å². The van der Waals surface area contributed by atoms with Crippen LogP contribution in [-0.4, -0.2) is 19.6 Å². The molecule has 0 aromatic heterocycles. The van der Waals surface area contributed by atoms with Crippen molar-refractivity contribution in [2.24, 2.45) is 11.1 Å². The molecule has 1 amide bonds. The number of ether oxygens (including phenoxy) is 1. The average Bonchev–Trinajstić information content (AvgIpc) is 2.39. The quantitative estimate of drug-likeness (QED) is 0.779. The number of benzene rings is 1. The molecule has 3 N–H and O–H groups in total. The summed E-state index contributed by atoms with van der Waals surface area (Å²) >= 11 is 3.42. The molecule has 0 unspecified atom stereocenters. The van der Waals surface area contributed by atoms with Gasteiger partial charge in [-0.05, 0) is 49.4 Å². The van der Waals surface area contributed by atoms with Gasteiger partial charge in [0.2, 0.25) is 5.91 Å². The third-order valence-corrected chi connectivity index (χ3v) is 4.06. The van der Waals surface area contributed by atoms with Crippen molar-refractivity contribution >= 4 is 27.5 Å². The van der Waals surface area contributed by atoms with E-state index in [2.05, 4.69) is 35.1 Å². The molecule has 118 valence electrons. The number of halogens is 1. The van der Waals surface area contributed by atoms with E-state index in [9.17, 15) is 4.79 Å². The number of carbonyl (C=O) groups excluding carboxylic acids is 1. The molecule has 1 rings (SSSR count). The summed E-state index contributed by atoms with van der Waals surface area (Å²) in [5.41, 5.74) is 7.39. The first-order valence-corrected chi connectivity index (χ1v) is 7.92. The maximum absolute atomic E-state index is 12.2. The Labute approximate surface area is 135 Å². The molecule has 1 aromatic carbocycles. The lowest BCUT2D eigenvalue weighted by Gasteiger charge is -2.23. The highest BCUT2D eigenvalue weighted by Gasteiger charge is 2.19. The van der Waals surface area contributed by atoms with Gasteiger partial charge in [0.1, 0.15) is 5.75 Å². The zero-order valence-corrected chi connectivity index (χ0v) is 14.8. The molecule has 0 saturated carbocycles. The van der Waals surface area contributed by atoms with Crippen molar-refractivity contribution in [3.05, 3.63) is 22.2 Å². The number of carbonyl (C=O) groups is 1. The number of nitrogens with two attached hydrogens (primary N) is 1. The standard InChI is InChI=1S/C16H25BrN2O2/c1-11-9-12(17)10-13(21-4)15(11)19-14(20)5-6-16(2,3)7-8-18/h9-10H,5-8,18H2,1-4H3,(H,19,20). The third-order valence-electron chi connectivity index (χ3n) is 3.60. The average molecular weight is 357 g/mol. The highest BCUT2D eigenvalue weighted by molar-refractivity contribution is 9.10. The number of nitrogens with one attached hydrogen (secondary N) is 1. The van der Waals surface area contributed by atoms with Crippen LogP contribution in [0.15, 0.2) is 16.6 Å². The van der Waals surface area contributed by atoms with E-state index in [-0.39, 0.29) is 11.3 Å². The number of hydrogen-bond donors (Lipinski definition) is 2. The first kappa shape index (κ1) is 18.0. The predicted molar refractivity (Wildman–Crippen MR) is 90.7 cm³/mol. The Bertz CT molecular complexity index is 501. The van der Waals surface area contributed by atoms with Crippen LogP contribution >= 0.6 is 15.9 Å². The van der Waals surface area contributed by atoms with E-state index in [1.165, 1.54) is 0 Å². The number of anilines is 1. The van der Waals surface area contributed by atoms with Gasteiger partial charge in [-0.3, -0.25) is 4.79 Å². The van der Waals surface area contributed by atoms with Crippen LogP contribution in [0.4, 0.5) is 5.69 Å². The monoisotopic (exact) mass is 356 g/mol. The van der Waals surface area contributed by atoms with Gasteiger partial charge in [0, 0.05) is 10.9 Å². The summed E-state index contributed by atoms with van der Waals surface area (Å²) in [6, 6.07) is 3.80. The molecule has 21 heavy (non-hydrogen) atoms. The lowest BCUT2D eigenvalue weighted by Crippen LogP contribution is -2.21. The Balaban J connectivity index is 2.71. The zero-order chi connectivity index (χ0) is 16.0. The fourth-order valence-electron chi connectivity index (χ4n) is 2.20. The van der Waals surface area contributed by atoms with Crippen molar-refractivity contribution in [1.82, 2.24) is 0 Å². The highest BCUT2D eigenvalue weighted by Crippen LogP contribution is 2.33. The Morgan fingerprint density at radius 2 is 2.05 bits per heavy atom. The molecule has 4 nitrogen and oxygen atoms in total. The third kappa shape index (κ3) is 5.67. The molecule has 0 saturated heterocycles. The van der Waals surface area contributed by atoms with Crippen molar-refractivity contribution in [3.63, 3.8) is 0 Å². The van der Waals surface area contributed by atoms with Gasteiger partial charge < -0.3 is 15.8 Å². The molecule has 0 fully saturated rings. The Morgan fingerprint density at radius 3 is 2.62 bits per heavy atom. The summed E-state index contributed by atoms with van der Waals surface area (Å²) in [5.74, 6) is 0.667.